The standard InChI is InChI=1S/C15H18N6O/c1-21-5-4-17-15(21)14-11(3-2-6-22-14)8-19-13-10-18-12(7-16)9-20-13/h4-5,9-11,14H,2-3,6,8H2,1H3,(H,19,20)/t11-,14+/m0/s1. The van der Waals surface area contributed by atoms with Gasteiger partial charge in [-0.1, -0.05) is 0 Å². The van der Waals surface area contributed by atoms with Crippen LogP contribution >= 0.6 is 0 Å². The van der Waals surface area contributed by atoms with Gasteiger partial charge in [-0.15, -0.1) is 0 Å². The number of nitrogens with one attached hydrogen (secondary N) is 1. The molecular formula is C15H18N6O. The molecule has 0 bridgehead atoms. The Kier molecular flexibility index (Phi) is 4.30. The van der Waals surface area contributed by atoms with Crippen molar-refractivity contribution in [2.75, 3.05) is 18.5 Å². The van der Waals surface area contributed by atoms with Gasteiger partial charge < -0.3 is 14.6 Å². The fourth-order valence-electron chi connectivity index (χ4n) is 2.70. The third-order valence-corrected chi connectivity index (χ3v) is 3.87. The van der Waals surface area contributed by atoms with E-state index < -0.39 is 0 Å². The van der Waals surface area contributed by atoms with E-state index in [-0.39, 0.29) is 6.10 Å². The Bertz CT molecular complexity index is 659. The summed E-state index contributed by atoms with van der Waals surface area (Å²) in [7, 11) is 1.98. The molecule has 2 atom stereocenters. The largest absolute Gasteiger partial charge is 0.370 e. The molecule has 114 valence electrons. The Balaban J connectivity index is 1.66. The minimum Gasteiger partial charge on any atom is -0.370 e. The molecule has 0 radical (unpaired) electrons. The zero-order chi connectivity index (χ0) is 15.4. The monoisotopic (exact) mass is 298 g/mol. The minimum absolute atomic E-state index is 0.00686. The zero-order valence-corrected chi connectivity index (χ0v) is 12.4. The lowest BCUT2D eigenvalue weighted by Gasteiger charge is -2.31. The molecule has 3 rings (SSSR count). The molecule has 3 heterocycles. The summed E-state index contributed by atoms with van der Waals surface area (Å²) in [4.78, 5) is 12.6. The Morgan fingerprint density at radius 2 is 2.32 bits per heavy atom. The van der Waals surface area contributed by atoms with Gasteiger partial charge in [0.15, 0.2) is 5.69 Å². The normalized spacial score (nSPS) is 21.3. The molecule has 2 aromatic heterocycles. The molecule has 7 nitrogen and oxygen atoms in total. The summed E-state index contributed by atoms with van der Waals surface area (Å²) in [5, 5.41) is 12.0. The van der Waals surface area contributed by atoms with Crippen LogP contribution in [0.25, 0.3) is 0 Å². The van der Waals surface area contributed by atoms with Crippen molar-refractivity contribution in [1.82, 2.24) is 19.5 Å². The molecule has 7 heteroatoms. The first-order valence-corrected chi connectivity index (χ1v) is 7.33. The van der Waals surface area contributed by atoms with E-state index in [1.165, 1.54) is 6.20 Å². The zero-order valence-electron chi connectivity index (χ0n) is 12.4. The van der Waals surface area contributed by atoms with E-state index in [0.717, 1.165) is 31.8 Å². The number of imidazole rings is 1. The first-order chi connectivity index (χ1) is 10.8. The highest BCUT2D eigenvalue weighted by atomic mass is 16.5. The Labute approximate surface area is 129 Å². The van der Waals surface area contributed by atoms with Crippen molar-refractivity contribution in [3.05, 3.63) is 36.3 Å². The Morgan fingerprint density at radius 3 is 3.00 bits per heavy atom. The Morgan fingerprint density at radius 1 is 1.41 bits per heavy atom. The number of hydrogen-bond acceptors (Lipinski definition) is 6. The van der Waals surface area contributed by atoms with Crippen LogP contribution in [0.15, 0.2) is 24.8 Å². The molecule has 1 N–H and O–H groups in total. The second-order valence-electron chi connectivity index (χ2n) is 5.37. The van der Waals surface area contributed by atoms with Gasteiger partial charge in [-0.05, 0) is 12.8 Å². The van der Waals surface area contributed by atoms with Crippen LogP contribution in [-0.2, 0) is 11.8 Å². The molecule has 0 aromatic carbocycles. The van der Waals surface area contributed by atoms with Gasteiger partial charge >= 0.3 is 0 Å². The van der Waals surface area contributed by atoms with Gasteiger partial charge in [0.2, 0.25) is 0 Å². The predicted molar refractivity (Wildman–Crippen MR) is 79.9 cm³/mol. The van der Waals surface area contributed by atoms with Gasteiger partial charge in [-0.2, -0.15) is 5.26 Å². The van der Waals surface area contributed by atoms with Crippen molar-refractivity contribution in [2.45, 2.75) is 18.9 Å². The lowest BCUT2D eigenvalue weighted by Crippen LogP contribution is -2.30. The van der Waals surface area contributed by atoms with E-state index in [9.17, 15) is 0 Å². The molecule has 1 fully saturated rings. The molecule has 0 aliphatic carbocycles. The minimum atomic E-state index is -0.00686. The smallest absolute Gasteiger partial charge is 0.158 e. The number of aromatic nitrogens is 4. The SMILES string of the molecule is Cn1ccnc1[C@@H]1OCCC[C@H]1CNc1cnc(C#N)cn1. The van der Waals surface area contributed by atoms with E-state index >= 15 is 0 Å². The number of rotatable bonds is 4. The number of anilines is 1. The van der Waals surface area contributed by atoms with Crippen LogP contribution in [-0.4, -0.2) is 32.7 Å². The van der Waals surface area contributed by atoms with Crippen LogP contribution in [0, 0.1) is 17.2 Å². The fourth-order valence-corrected chi connectivity index (χ4v) is 2.70. The fraction of sp³-hybridized carbons (Fsp3) is 0.467. The number of hydrogen-bond donors (Lipinski definition) is 1. The molecule has 2 aromatic rings. The van der Waals surface area contributed by atoms with Crippen LogP contribution in [0.1, 0.15) is 30.5 Å². The highest BCUT2D eigenvalue weighted by Crippen LogP contribution is 2.32. The number of aryl methyl sites for hydroxylation is 1. The lowest BCUT2D eigenvalue weighted by molar-refractivity contribution is -0.0305. The summed E-state index contributed by atoms with van der Waals surface area (Å²) in [6, 6.07) is 1.96. The first-order valence-electron chi connectivity index (χ1n) is 7.33. The quantitative estimate of drug-likeness (QED) is 0.923. The molecular weight excluding hydrogens is 280 g/mol. The second-order valence-corrected chi connectivity index (χ2v) is 5.37. The van der Waals surface area contributed by atoms with Crippen LogP contribution < -0.4 is 5.32 Å². The highest BCUT2D eigenvalue weighted by molar-refractivity contribution is 5.33. The van der Waals surface area contributed by atoms with Crippen molar-refractivity contribution in [3.63, 3.8) is 0 Å². The summed E-state index contributed by atoms with van der Waals surface area (Å²) >= 11 is 0. The third-order valence-electron chi connectivity index (χ3n) is 3.87. The van der Waals surface area contributed by atoms with E-state index in [2.05, 4.69) is 20.3 Å². The van der Waals surface area contributed by atoms with Gasteiger partial charge in [0, 0.05) is 38.5 Å². The third kappa shape index (κ3) is 3.07. The molecule has 1 saturated heterocycles. The van der Waals surface area contributed by atoms with E-state index in [1.807, 2.05) is 23.9 Å². The van der Waals surface area contributed by atoms with Gasteiger partial charge in [0.25, 0.3) is 0 Å². The molecule has 0 unspecified atom stereocenters. The average Bonchev–Trinajstić information content (AvgIpc) is 2.99. The summed E-state index contributed by atoms with van der Waals surface area (Å²) in [6.07, 6.45) is 8.90. The van der Waals surface area contributed by atoms with Crippen molar-refractivity contribution in [1.29, 1.82) is 5.26 Å². The van der Waals surface area contributed by atoms with Gasteiger partial charge in [-0.3, -0.25) is 0 Å². The molecule has 1 aliphatic heterocycles. The van der Waals surface area contributed by atoms with E-state index in [1.54, 1.807) is 12.4 Å². The maximum Gasteiger partial charge on any atom is 0.158 e. The summed E-state index contributed by atoms with van der Waals surface area (Å²) in [6.45, 7) is 1.50. The van der Waals surface area contributed by atoms with E-state index in [0.29, 0.717) is 17.4 Å². The summed E-state index contributed by atoms with van der Waals surface area (Å²) in [5.41, 5.74) is 0.317. The maximum absolute atomic E-state index is 8.73. The van der Waals surface area contributed by atoms with Gasteiger partial charge in [-0.25, -0.2) is 15.0 Å². The molecule has 0 amide bonds. The summed E-state index contributed by atoms with van der Waals surface area (Å²) < 4.78 is 7.94. The van der Waals surface area contributed by atoms with Crippen molar-refractivity contribution >= 4 is 5.82 Å². The molecule has 0 saturated carbocycles. The van der Waals surface area contributed by atoms with Crippen molar-refractivity contribution in [3.8, 4) is 6.07 Å². The second kappa shape index (κ2) is 6.54. The summed E-state index contributed by atoms with van der Waals surface area (Å²) in [5.74, 6) is 1.95. The number of nitriles is 1. The maximum atomic E-state index is 8.73. The molecule has 0 spiro atoms. The van der Waals surface area contributed by atoms with Crippen LogP contribution in [0.3, 0.4) is 0 Å². The van der Waals surface area contributed by atoms with Gasteiger partial charge in [0.1, 0.15) is 23.8 Å². The van der Waals surface area contributed by atoms with Gasteiger partial charge in [0.05, 0.1) is 12.4 Å². The average molecular weight is 298 g/mol. The molecule has 22 heavy (non-hydrogen) atoms. The Hall–Kier alpha value is -2.46. The highest BCUT2D eigenvalue weighted by Gasteiger charge is 2.30. The van der Waals surface area contributed by atoms with Crippen LogP contribution in [0.5, 0.6) is 0 Å². The predicted octanol–water partition coefficient (Wildman–Crippen LogP) is 1.66. The van der Waals surface area contributed by atoms with Crippen LogP contribution in [0.4, 0.5) is 5.82 Å². The topological polar surface area (TPSA) is 88.6 Å². The van der Waals surface area contributed by atoms with Crippen LogP contribution in [0.2, 0.25) is 0 Å². The number of nitrogens with zero attached hydrogens (tertiary/aromatic N) is 5. The molecule has 1 aliphatic rings. The first kappa shape index (κ1) is 14.5. The van der Waals surface area contributed by atoms with Crippen molar-refractivity contribution < 1.29 is 4.74 Å². The van der Waals surface area contributed by atoms with Crippen molar-refractivity contribution in [2.24, 2.45) is 13.0 Å². The van der Waals surface area contributed by atoms with E-state index in [4.69, 9.17) is 10.00 Å². The lowest BCUT2D eigenvalue weighted by atomic mass is 9.93. The number of ether oxygens (including phenoxy) is 1.